The first-order chi connectivity index (χ1) is 14.0. The predicted octanol–water partition coefficient (Wildman–Crippen LogP) is 6.28. The maximum atomic E-state index is 10.2. The van der Waals surface area contributed by atoms with E-state index >= 15 is 0 Å². The molecule has 0 aliphatic heterocycles. The lowest BCUT2D eigenvalue weighted by molar-refractivity contribution is -0.0377. The van der Waals surface area contributed by atoms with E-state index in [1.54, 1.807) is 5.57 Å². The summed E-state index contributed by atoms with van der Waals surface area (Å²) in [5, 5.41) is 11.6. The second-order valence-corrected chi connectivity index (χ2v) is 10.7. The molecule has 2 fully saturated rings. The summed E-state index contributed by atoms with van der Waals surface area (Å²) in [6.45, 7) is 5.07. The first kappa shape index (κ1) is 18.0. The van der Waals surface area contributed by atoms with Gasteiger partial charge < -0.3 is 9.67 Å². The summed E-state index contributed by atoms with van der Waals surface area (Å²) in [6, 6.07) is 11.5. The van der Waals surface area contributed by atoms with Crippen molar-refractivity contribution in [1.82, 2.24) is 4.57 Å². The van der Waals surface area contributed by atoms with Gasteiger partial charge in [-0.15, -0.1) is 0 Å². The van der Waals surface area contributed by atoms with Crippen molar-refractivity contribution in [2.75, 3.05) is 0 Å². The van der Waals surface area contributed by atoms with Crippen LogP contribution in [-0.4, -0.2) is 15.8 Å². The third-order valence-corrected chi connectivity index (χ3v) is 9.48. The van der Waals surface area contributed by atoms with E-state index in [1.165, 1.54) is 36.6 Å². The third-order valence-electron chi connectivity index (χ3n) is 9.48. The summed E-state index contributed by atoms with van der Waals surface area (Å²) >= 11 is 0. The molecule has 4 aliphatic rings. The highest BCUT2D eigenvalue weighted by molar-refractivity contribution is 5.80. The Labute approximate surface area is 174 Å². The zero-order chi connectivity index (χ0) is 19.8. The third kappa shape index (κ3) is 2.39. The van der Waals surface area contributed by atoms with E-state index in [-0.39, 0.29) is 6.10 Å². The van der Waals surface area contributed by atoms with Gasteiger partial charge in [-0.25, -0.2) is 0 Å². The molecule has 29 heavy (non-hydrogen) atoms. The van der Waals surface area contributed by atoms with Crippen molar-refractivity contribution in [3.05, 3.63) is 60.3 Å². The summed E-state index contributed by atoms with van der Waals surface area (Å²) in [5.41, 5.74) is 3.55. The van der Waals surface area contributed by atoms with Gasteiger partial charge in [0, 0.05) is 11.7 Å². The zero-order valence-electron chi connectivity index (χ0n) is 17.7. The Morgan fingerprint density at radius 3 is 2.79 bits per heavy atom. The lowest BCUT2D eigenvalue weighted by Crippen LogP contribution is -2.50. The monoisotopic (exact) mass is 387 g/mol. The van der Waals surface area contributed by atoms with Crippen LogP contribution in [0.15, 0.2) is 60.3 Å². The largest absolute Gasteiger partial charge is 0.393 e. The number of nitrogens with zero attached hydrogens (tertiary/aromatic N) is 1. The molecule has 1 heterocycles. The van der Waals surface area contributed by atoms with Gasteiger partial charge in [-0.05, 0) is 84.6 Å². The van der Waals surface area contributed by atoms with Crippen molar-refractivity contribution in [3.8, 4) is 0 Å². The molecule has 0 amide bonds. The molecule has 6 rings (SSSR count). The van der Waals surface area contributed by atoms with E-state index in [9.17, 15) is 5.11 Å². The Bertz CT molecular complexity index is 1010. The summed E-state index contributed by atoms with van der Waals surface area (Å²) in [5.74, 6) is 2.19. The van der Waals surface area contributed by atoms with Crippen molar-refractivity contribution in [1.29, 1.82) is 0 Å². The maximum Gasteiger partial charge on any atom is 0.0577 e. The fourth-order valence-electron chi connectivity index (χ4n) is 7.83. The Morgan fingerprint density at radius 1 is 1.03 bits per heavy atom. The molecule has 0 bridgehead atoms. The molecule has 2 heteroatoms. The van der Waals surface area contributed by atoms with Crippen LogP contribution in [0.3, 0.4) is 0 Å². The van der Waals surface area contributed by atoms with E-state index < -0.39 is 0 Å². The summed E-state index contributed by atoms with van der Waals surface area (Å²) < 4.78 is 2.54. The highest BCUT2D eigenvalue weighted by Gasteiger charge is 2.57. The van der Waals surface area contributed by atoms with Crippen LogP contribution < -0.4 is 0 Å². The van der Waals surface area contributed by atoms with Crippen molar-refractivity contribution in [3.63, 3.8) is 0 Å². The van der Waals surface area contributed by atoms with Crippen LogP contribution in [0, 0.1) is 28.6 Å². The molecule has 0 saturated heterocycles. The Balaban J connectivity index is 1.36. The lowest BCUT2D eigenvalue weighted by atomic mass is 9.47. The number of allylic oxidation sites excluding steroid dienone is 3. The fraction of sp³-hybridized carbons (Fsp3) is 0.556. The van der Waals surface area contributed by atoms with E-state index in [2.05, 4.69) is 73.2 Å². The number of aliphatic hydroxyl groups excluding tert-OH is 1. The maximum absolute atomic E-state index is 10.2. The Hall–Kier alpha value is -1.80. The minimum absolute atomic E-state index is 0.113. The second-order valence-electron chi connectivity index (χ2n) is 10.7. The molecule has 4 unspecified atom stereocenters. The molecule has 152 valence electrons. The van der Waals surface area contributed by atoms with Gasteiger partial charge in [-0.1, -0.05) is 55.8 Å². The molecule has 2 nitrogen and oxygen atoms in total. The number of aromatic nitrogens is 1. The molecule has 0 radical (unpaired) electrons. The summed E-state index contributed by atoms with van der Waals surface area (Å²) in [7, 11) is 0. The first-order valence-electron chi connectivity index (χ1n) is 11.6. The lowest BCUT2D eigenvalue weighted by Gasteiger charge is -2.58. The number of benzene rings is 1. The normalized spacial score (nSPS) is 43.6. The molecular weight excluding hydrogens is 354 g/mol. The van der Waals surface area contributed by atoms with Gasteiger partial charge in [0.05, 0.1) is 12.1 Å². The number of fused-ring (bicyclic) bond motifs is 6. The molecule has 2 saturated carbocycles. The molecule has 1 aromatic heterocycles. The molecule has 1 aromatic carbocycles. The molecule has 0 spiro atoms. The average molecular weight is 388 g/mol. The molecular formula is C27H33NO. The summed E-state index contributed by atoms with van der Waals surface area (Å²) in [6.07, 6.45) is 16.7. The van der Waals surface area contributed by atoms with Gasteiger partial charge in [0.15, 0.2) is 0 Å². The van der Waals surface area contributed by atoms with Gasteiger partial charge in [-0.2, -0.15) is 0 Å². The van der Waals surface area contributed by atoms with Crippen molar-refractivity contribution >= 4 is 10.9 Å². The highest BCUT2D eigenvalue weighted by Crippen LogP contribution is 2.65. The molecule has 4 aliphatic carbocycles. The van der Waals surface area contributed by atoms with Gasteiger partial charge in [0.1, 0.15) is 0 Å². The van der Waals surface area contributed by atoms with Crippen LogP contribution in [0.5, 0.6) is 0 Å². The van der Waals surface area contributed by atoms with Gasteiger partial charge in [-0.3, -0.25) is 0 Å². The fourth-order valence-corrected chi connectivity index (χ4v) is 7.83. The van der Waals surface area contributed by atoms with E-state index in [0.29, 0.717) is 22.8 Å². The second kappa shape index (κ2) is 6.11. The van der Waals surface area contributed by atoms with Crippen LogP contribution in [0.2, 0.25) is 0 Å². The minimum atomic E-state index is -0.113. The van der Waals surface area contributed by atoms with Crippen LogP contribution in [0.4, 0.5) is 0 Å². The highest BCUT2D eigenvalue weighted by atomic mass is 16.3. The van der Waals surface area contributed by atoms with Crippen LogP contribution in [-0.2, 0) is 0 Å². The molecule has 7 atom stereocenters. The van der Waals surface area contributed by atoms with Crippen molar-refractivity contribution < 1.29 is 5.11 Å². The van der Waals surface area contributed by atoms with Gasteiger partial charge in [0.25, 0.3) is 0 Å². The topological polar surface area (TPSA) is 25.2 Å². The smallest absolute Gasteiger partial charge is 0.0577 e. The van der Waals surface area contributed by atoms with Crippen molar-refractivity contribution in [2.45, 2.75) is 64.5 Å². The van der Waals surface area contributed by atoms with E-state index in [4.69, 9.17) is 0 Å². The number of hydrogen-bond donors (Lipinski definition) is 1. The van der Waals surface area contributed by atoms with Crippen LogP contribution in [0.25, 0.3) is 10.9 Å². The first-order valence-corrected chi connectivity index (χ1v) is 11.6. The minimum Gasteiger partial charge on any atom is -0.393 e. The quantitative estimate of drug-likeness (QED) is 0.572. The Morgan fingerprint density at radius 2 is 1.90 bits per heavy atom. The average Bonchev–Trinajstić information content (AvgIpc) is 3.29. The molecule has 2 aromatic rings. The van der Waals surface area contributed by atoms with Crippen molar-refractivity contribution in [2.24, 2.45) is 28.6 Å². The van der Waals surface area contributed by atoms with Crippen LogP contribution in [0.1, 0.15) is 58.4 Å². The predicted molar refractivity (Wildman–Crippen MR) is 119 cm³/mol. The SMILES string of the molecule is C[C@]12CCC3C(CC=C4C[C@H](O)CC[C@@]43C)C1C=CC2n1ccc2ccccc21. The number of para-hydroxylation sites is 1. The standard InChI is InChI=1S/C27H33NO/c1-26-14-11-20(29)17-19(26)7-8-21-22-9-10-25(27(22,2)15-12-23(21)26)28-16-13-18-5-3-4-6-24(18)28/h3-7,9-10,13,16,20-23,25,29H,8,11-12,14-15,17H2,1-2H3/t20-,21?,22?,23?,25?,26+,27+/m1/s1. The summed E-state index contributed by atoms with van der Waals surface area (Å²) in [4.78, 5) is 0. The number of aliphatic hydroxyl groups is 1. The van der Waals surface area contributed by atoms with E-state index in [1.807, 2.05) is 0 Å². The van der Waals surface area contributed by atoms with Crippen LogP contribution >= 0.6 is 0 Å². The molecule has 1 N–H and O–H groups in total. The number of rotatable bonds is 1. The van der Waals surface area contributed by atoms with E-state index in [0.717, 1.165) is 24.7 Å². The number of hydrogen-bond acceptors (Lipinski definition) is 1. The zero-order valence-corrected chi connectivity index (χ0v) is 17.7. The Kier molecular flexibility index (Phi) is 3.79. The van der Waals surface area contributed by atoms with Gasteiger partial charge >= 0.3 is 0 Å². The van der Waals surface area contributed by atoms with Gasteiger partial charge in [0.2, 0.25) is 0 Å².